The van der Waals surface area contributed by atoms with Crippen molar-refractivity contribution in [3.05, 3.63) is 69.6 Å². The van der Waals surface area contributed by atoms with Crippen molar-refractivity contribution in [2.45, 2.75) is 33.2 Å². The number of rotatable bonds is 7. The highest BCUT2D eigenvalue weighted by Gasteiger charge is 2.42. The third-order valence-electron chi connectivity index (χ3n) is 5.70. The number of hydrogen-bond donors (Lipinski definition) is 1. The van der Waals surface area contributed by atoms with Crippen LogP contribution in [0.2, 0.25) is 0 Å². The normalized spacial score (nSPS) is 13.9. The monoisotopic (exact) mass is 479 g/mol. The molecule has 0 bridgehead atoms. The number of imide groups is 1. The van der Waals surface area contributed by atoms with Crippen LogP contribution >= 0.6 is 23.1 Å². The molecule has 170 valence electrons. The molecule has 1 atom stereocenters. The lowest BCUT2D eigenvalue weighted by Crippen LogP contribution is -2.47. The minimum Gasteiger partial charge on any atom is -0.300 e. The minimum atomic E-state index is -0.903. The van der Waals surface area contributed by atoms with Crippen LogP contribution in [-0.4, -0.2) is 45.7 Å². The van der Waals surface area contributed by atoms with Gasteiger partial charge in [0.15, 0.2) is 5.13 Å². The average molecular weight is 480 g/mol. The third kappa shape index (κ3) is 4.45. The summed E-state index contributed by atoms with van der Waals surface area (Å²) < 4.78 is 0. The number of carbonyl (C=O) groups excluding carboxylic acids is 3. The summed E-state index contributed by atoms with van der Waals surface area (Å²) in [5.74, 6) is -0.627. The van der Waals surface area contributed by atoms with Crippen LogP contribution in [0.25, 0.3) is 11.3 Å². The molecular weight excluding hydrogens is 454 g/mol. The summed E-state index contributed by atoms with van der Waals surface area (Å²) in [6.45, 7) is 6.16. The Morgan fingerprint density at radius 1 is 1.09 bits per heavy atom. The van der Waals surface area contributed by atoms with Crippen LogP contribution in [-0.2, 0) is 4.79 Å². The number of anilines is 1. The lowest BCUT2D eigenvalue weighted by atomic mass is 9.98. The van der Waals surface area contributed by atoms with Gasteiger partial charge < -0.3 is 5.32 Å². The van der Waals surface area contributed by atoms with Crippen LogP contribution in [0.4, 0.5) is 5.13 Å². The van der Waals surface area contributed by atoms with E-state index in [1.54, 1.807) is 36.0 Å². The maximum absolute atomic E-state index is 13.3. The fourth-order valence-electron chi connectivity index (χ4n) is 4.32. The van der Waals surface area contributed by atoms with Crippen molar-refractivity contribution < 1.29 is 14.4 Å². The molecule has 4 rings (SSSR count). The molecule has 0 saturated carbocycles. The number of thiazole rings is 1. The van der Waals surface area contributed by atoms with Crippen molar-refractivity contribution in [3.8, 4) is 11.3 Å². The molecule has 0 radical (unpaired) electrons. The number of benzene rings is 2. The molecule has 3 amide bonds. The molecule has 0 saturated heterocycles. The van der Waals surface area contributed by atoms with E-state index in [4.69, 9.17) is 0 Å². The Bertz CT molecular complexity index is 1190. The Balaban J connectivity index is 1.59. The van der Waals surface area contributed by atoms with E-state index in [0.29, 0.717) is 28.4 Å². The highest BCUT2D eigenvalue weighted by Crippen LogP contribution is 2.32. The second kappa shape index (κ2) is 9.49. The van der Waals surface area contributed by atoms with Crippen molar-refractivity contribution in [2.24, 2.45) is 0 Å². The predicted octanol–water partition coefficient (Wildman–Crippen LogP) is 5.09. The lowest BCUT2D eigenvalue weighted by molar-refractivity contribution is -0.120. The first kappa shape index (κ1) is 23.2. The van der Waals surface area contributed by atoms with E-state index in [1.807, 2.05) is 25.5 Å². The summed E-state index contributed by atoms with van der Waals surface area (Å²) in [6.07, 6.45) is 2.30. The van der Waals surface area contributed by atoms with Gasteiger partial charge in [-0.15, -0.1) is 11.3 Å². The zero-order chi connectivity index (χ0) is 23.7. The van der Waals surface area contributed by atoms with Gasteiger partial charge in [-0.2, -0.15) is 11.8 Å². The second-order valence-electron chi connectivity index (χ2n) is 8.12. The molecule has 3 aromatic rings. The van der Waals surface area contributed by atoms with Crippen LogP contribution in [0.15, 0.2) is 41.8 Å². The Morgan fingerprint density at radius 3 is 2.27 bits per heavy atom. The molecule has 1 aliphatic heterocycles. The van der Waals surface area contributed by atoms with E-state index < -0.39 is 23.8 Å². The minimum absolute atomic E-state index is 0.339. The summed E-state index contributed by atoms with van der Waals surface area (Å²) in [6, 6.07) is 10.0. The number of thioether (sulfide) groups is 1. The summed E-state index contributed by atoms with van der Waals surface area (Å²) in [5, 5.41) is 5.21. The summed E-state index contributed by atoms with van der Waals surface area (Å²) >= 11 is 2.89. The Kier molecular flexibility index (Phi) is 6.67. The molecule has 0 fully saturated rings. The van der Waals surface area contributed by atoms with Gasteiger partial charge in [-0.05, 0) is 62.5 Å². The van der Waals surface area contributed by atoms with E-state index >= 15 is 0 Å². The molecule has 33 heavy (non-hydrogen) atoms. The van der Waals surface area contributed by atoms with Crippen LogP contribution in [0.5, 0.6) is 0 Å². The zero-order valence-corrected chi connectivity index (χ0v) is 20.6. The SMILES string of the molecule is CSCCC(C(=O)Nc1nc(-c2c(C)cc(C)cc2C)cs1)N1C(=O)c2ccccc2C1=O. The van der Waals surface area contributed by atoms with Gasteiger partial charge >= 0.3 is 0 Å². The average Bonchev–Trinajstić information content (AvgIpc) is 3.31. The van der Waals surface area contributed by atoms with E-state index in [2.05, 4.69) is 29.4 Å². The first-order valence-electron chi connectivity index (χ1n) is 10.6. The number of amides is 3. The van der Waals surface area contributed by atoms with Gasteiger partial charge in [-0.3, -0.25) is 19.3 Å². The molecule has 8 heteroatoms. The molecule has 2 aromatic carbocycles. The number of nitrogens with one attached hydrogen (secondary N) is 1. The second-order valence-corrected chi connectivity index (χ2v) is 9.97. The predicted molar refractivity (Wildman–Crippen MR) is 134 cm³/mol. The molecule has 1 N–H and O–H groups in total. The van der Waals surface area contributed by atoms with Crippen molar-refractivity contribution in [1.29, 1.82) is 0 Å². The summed E-state index contributed by atoms with van der Waals surface area (Å²) in [5.41, 5.74) is 5.97. The van der Waals surface area contributed by atoms with Crippen LogP contribution in [0.3, 0.4) is 0 Å². The zero-order valence-electron chi connectivity index (χ0n) is 19.0. The lowest BCUT2D eigenvalue weighted by Gasteiger charge is -2.24. The Labute approximate surface area is 201 Å². The smallest absolute Gasteiger partial charge is 0.262 e. The van der Waals surface area contributed by atoms with E-state index in [9.17, 15) is 14.4 Å². The van der Waals surface area contributed by atoms with E-state index in [1.165, 1.54) is 16.9 Å². The third-order valence-corrected chi connectivity index (χ3v) is 7.10. The molecule has 6 nitrogen and oxygen atoms in total. The van der Waals surface area contributed by atoms with E-state index in [0.717, 1.165) is 27.3 Å². The van der Waals surface area contributed by atoms with Crippen molar-refractivity contribution in [2.75, 3.05) is 17.3 Å². The van der Waals surface area contributed by atoms with Gasteiger partial charge in [0.05, 0.1) is 16.8 Å². The molecule has 1 aromatic heterocycles. The Morgan fingerprint density at radius 2 is 1.70 bits per heavy atom. The molecule has 2 heterocycles. The molecule has 0 spiro atoms. The number of carbonyl (C=O) groups is 3. The number of hydrogen-bond acceptors (Lipinski definition) is 6. The number of nitrogens with zero attached hydrogens (tertiary/aromatic N) is 2. The van der Waals surface area contributed by atoms with Crippen molar-refractivity contribution >= 4 is 46.0 Å². The molecular formula is C25H25N3O3S2. The summed E-state index contributed by atoms with van der Waals surface area (Å²) in [7, 11) is 0. The Hall–Kier alpha value is -2.97. The van der Waals surface area contributed by atoms with Gasteiger partial charge in [-0.25, -0.2) is 4.98 Å². The quantitative estimate of drug-likeness (QED) is 0.478. The molecule has 0 aliphatic carbocycles. The topological polar surface area (TPSA) is 79.4 Å². The molecule has 1 aliphatic rings. The molecule has 1 unspecified atom stereocenters. The van der Waals surface area contributed by atoms with Crippen molar-refractivity contribution in [1.82, 2.24) is 9.88 Å². The summed E-state index contributed by atoms with van der Waals surface area (Å²) in [4.78, 5) is 44.9. The van der Waals surface area contributed by atoms with Crippen LogP contribution < -0.4 is 5.32 Å². The first-order chi connectivity index (χ1) is 15.8. The van der Waals surface area contributed by atoms with E-state index in [-0.39, 0.29) is 0 Å². The standard InChI is InChI=1S/C25H25N3O3S2/c1-14-11-15(2)21(16(3)12-14)19-13-33-25(26-19)27-22(29)20(9-10-32-4)28-23(30)17-7-5-6-8-18(17)24(28)31/h5-8,11-13,20H,9-10H2,1-4H3,(H,26,27,29). The van der Waals surface area contributed by atoms with Crippen LogP contribution in [0, 0.1) is 20.8 Å². The number of aromatic nitrogens is 1. The maximum Gasteiger partial charge on any atom is 0.262 e. The first-order valence-corrected chi connectivity index (χ1v) is 12.9. The van der Waals surface area contributed by atoms with Gasteiger partial charge in [-0.1, -0.05) is 29.8 Å². The fraction of sp³-hybridized carbons (Fsp3) is 0.280. The van der Waals surface area contributed by atoms with Gasteiger partial charge in [0, 0.05) is 10.9 Å². The largest absolute Gasteiger partial charge is 0.300 e. The number of fused-ring (bicyclic) bond motifs is 1. The van der Waals surface area contributed by atoms with Crippen molar-refractivity contribution in [3.63, 3.8) is 0 Å². The van der Waals surface area contributed by atoms with Gasteiger partial charge in [0.1, 0.15) is 6.04 Å². The van der Waals surface area contributed by atoms with Crippen LogP contribution in [0.1, 0.15) is 43.8 Å². The number of aryl methyl sites for hydroxylation is 3. The van der Waals surface area contributed by atoms with Gasteiger partial charge in [0.25, 0.3) is 11.8 Å². The maximum atomic E-state index is 13.3. The van der Waals surface area contributed by atoms with Gasteiger partial charge in [0.2, 0.25) is 5.91 Å². The highest BCUT2D eigenvalue weighted by atomic mass is 32.2. The fourth-order valence-corrected chi connectivity index (χ4v) is 5.48. The highest BCUT2D eigenvalue weighted by molar-refractivity contribution is 7.98.